The molecule has 2 aromatic carbocycles. The summed E-state index contributed by atoms with van der Waals surface area (Å²) in [7, 11) is 0. The number of amides is 1. The van der Waals surface area contributed by atoms with Gasteiger partial charge in [-0.1, -0.05) is 18.6 Å². The number of ether oxygens (including phenoxy) is 1. The summed E-state index contributed by atoms with van der Waals surface area (Å²) in [5.74, 6) is 0.477. The van der Waals surface area contributed by atoms with Crippen LogP contribution in [-0.4, -0.2) is 86.2 Å². The first-order valence-corrected chi connectivity index (χ1v) is 16.5. The Balaban J connectivity index is 1.27. The largest absolute Gasteiger partial charge is 0.508 e. The Labute approximate surface area is 281 Å². The number of anilines is 1. The molecule has 6 heterocycles. The predicted molar refractivity (Wildman–Crippen MR) is 179 cm³/mol. The summed E-state index contributed by atoms with van der Waals surface area (Å²) >= 11 is 0. The predicted octanol–water partition coefficient (Wildman–Crippen LogP) is 4.93. The smallest absolute Gasteiger partial charge is 0.319 e. The van der Waals surface area contributed by atoms with Crippen LogP contribution in [0.15, 0.2) is 43.1 Å². The summed E-state index contributed by atoms with van der Waals surface area (Å²) in [6.45, 7) is 6.64. The molecule has 0 aliphatic carbocycles. The molecule has 2 aromatic heterocycles. The fourth-order valence-corrected chi connectivity index (χ4v) is 8.65. The van der Waals surface area contributed by atoms with E-state index in [1.807, 2.05) is 4.90 Å². The van der Waals surface area contributed by atoms with Gasteiger partial charge < -0.3 is 19.6 Å². The first kappa shape index (κ1) is 31.0. The zero-order valence-electron chi connectivity index (χ0n) is 26.7. The minimum absolute atomic E-state index is 0.00317. The number of hydrogen-bond donors (Lipinski definition) is 1. The van der Waals surface area contributed by atoms with Gasteiger partial charge in [0, 0.05) is 30.2 Å². The van der Waals surface area contributed by atoms with Crippen LogP contribution in [0, 0.1) is 41.2 Å². The van der Waals surface area contributed by atoms with Gasteiger partial charge in [0.1, 0.15) is 35.2 Å². The molecule has 1 N–H and O–H groups in total. The van der Waals surface area contributed by atoms with E-state index in [4.69, 9.17) is 16.1 Å². The molecule has 4 aliphatic heterocycles. The molecule has 4 saturated heterocycles. The molecule has 4 fully saturated rings. The minimum atomic E-state index is -0.815. The van der Waals surface area contributed by atoms with Crippen LogP contribution in [0.5, 0.6) is 11.8 Å². The van der Waals surface area contributed by atoms with Gasteiger partial charge >= 0.3 is 6.01 Å². The number of nitriles is 1. The number of aromatic nitrogens is 3. The lowest BCUT2D eigenvalue weighted by atomic mass is 9.95. The molecule has 0 saturated carbocycles. The maximum atomic E-state index is 17.0. The van der Waals surface area contributed by atoms with Crippen LogP contribution < -0.4 is 9.64 Å². The number of piperazine rings is 1. The van der Waals surface area contributed by atoms with Gasteiger partial charge in [-0.25, -0.2) is 8.78 Å². The number of halogens is 2. The van der Waals surface area contributed by atoms with Gasteiger partial charge in [0.25, 0.3) is 0 Å². The maximum Gasteiger partial charge on any atom is 0.319 e. The average molecular weight is 662 g/mol. The topological polar surface area (TPSA) is 119 Å². The van der Waals surface area contributed by atoms with Gasteiger partial charge in [-0.15, -0.1) is 6.42 Å². The van der Waals surface area contributed by atoms with Crippen molar-refractivity contribution in [1.29, 1.82) is 5.26 Å². The molecule has 4 aliphatic rings. The van der Waals surface area contributed by atoms with E-state index in [9.17, 15) is 19.6 Å². The van der Waals surface area contributed by atoms with E-state index in [2.05, 4.69) is 33.4 Å². The number of nitrogens with zero attached hydrogens (tertiary/aromatic N) is 7. The quantitative estimate of drug-likeness (QED) is 0.227. The van der Waals surface area contributed by atoms with Crippen LogP contribution in [0.25, 0.3) is 32.9 Å². The Hall–Kier alpha value is -5.33. The zero-order chi connectivity index (χ0) is 34.0. The molecular formula is C37H33F2N7O3. The number of aromatic hydroxyl groups is 1. The fraction of sp³-hybridized carbons (Fsp3) is 0.378. The number of phenols is 1. The molecule has 12 heteroatoms. The molecule has 0 spiro atoms. The highest BCUT2D eigenvalue weighted by Gasteiger charge is 2.49. The van der Waals surface area contributed by atoms with Crippen molar-refractivity contribution in [2.45, 2.75) is 49.7 Å². The van der Waals surface area contributed by atoms with E-state index in [1.54, 1.807) is 4.90 Å². The maximum absolute atomic E-state index is 17.0. The molecule has 4 aromatic rings. The van der Waals surface area contributed by atoms with Crippen molar-refractivity contribution in [2.75, 3.05) is 37.7 Å². The van der Waals surface area contributed by atoms with Gasteiger partial charge in [-0.3, -0.25) is 14.7 Å². The third-order valence-corrected chi connectivity index (χ3v) is 10.8. The second-order valence-electron chi connectivity index (χ2n) is 13.4. The molecule has 49 heavy (non-hydrogen) atoms. The third-order valence-electron chi connectivity index (χ3n) is 10.8. The Bertz CT molecular complexity index is 2130. The van der Waals surface area contributed by atoms with Gasteiger partial charge in [-0.05, 0) is 74.9 Å². The van der Waals surface area contributed by atoms with Crippen molar-refractivity contribution in [3.8, 4) is 41.4 Å². The lowest BCUT2D eigenvalue weighted by Crippen LogP contribution is -2.56. The van der Waals surface area contributed by atoms with Gasteiger partial charge in [0.2, 0.25) is 5.91 Å². The standard InChI is InChI=1S/C37H33F2N7O3/c1-3-25-28(38)8-7-21-14-24(47)15-26(31(21)25)33-32(39)34-27(17-41-33)35(43-36(42-34)49-20-37-9-5-11-45(37)12-6-10-37)44-18-23-13-22(16-40)29(19-44)46(23)30(48)4-2/h1,4,7-8,14-15,17,22-23,29,47H,2,5-6,9-13,18-20H2/t22-,23+,29+/m1/s1. The van der Waals surface area contributed by atoms with E-state index >= 15 is 4.39 Å². The lowest BCUT2D eigenvalue weighted by molar-refractivity contribution is -0.129. The van der Waals surface area contributed by atoms with Crippen LogP contribution in [0.4, 0.5) is 14.6 Å². The van der Waals surface area contributed by atoms with Crippen LogP contribution >= 0.6 is 0 Å². The van der Waals surface area contributed by atoms with Gasteiger partial charge in [-0.2, -0.15) is 15.2 Å². The molecular weight excluding hydrogens is 628 g/mol. The van der Waals surface area contributed by atoms with E-state index in [1.165, 1.54) is 36.5 Å². The monoisotopic (exact) mass is 661 g/mol. The minimum Gasteiger partial charge on any atom is -0.508 e. The molecule has 2 bridgehead atoms. The number of carbonyl (C=O) groups excluding carboxylic acids is 1. The number of pyridine rings is 1. The number of hydrogen-bond acceptors (Lipinski definition) is 9. The molecule has 8 rings (SSSR count). The molecule has 248 valence electrons. The van der Waals surface area contributed by atoms with Crippen LogP contribution in [0.2, 0.25) is 0 Å². The SMILES string of the molecule is C#Cc1c(F)ccc2cc(O)cc(-c3ncc4c(N5C[C@@H]6C[C@H](C#N)[C@H](C5)N6C(=O)C=C)nc(OCC56CCCN5CCC6)nc4c3F)c12. The van der Waals surface area contributed by atoms with Crippen LogP contribution in [-0.2, 0) is 4.79 Å². The Morgan fingerprint density at radius 3 is 2.73 bits per heavy atom. The summed E-state index contributed by atoms with van der Waals surface area (Å²) in [6, 6.07) is 7.07. The first-order chi connectivity index (χ1) is 23.7. The van der Waals surface area contributed by atoms with Crippen molar-refractivity contribution in [1.82, 2.24) is 24.8 Å². The summed E-state index contributed by atoms with van der Waals surface area (Å²) in [5.41, 5.74) is -0.323. The van der Waals surface area contributed by atoms with Crippen molar-refractivity contribution in [3.63, 3.8) is 0 Å². The van der Waals surface area contributed by atoms with Gasteiger partial charge in [0.05, 0.1) is 40.6 Å². The number of rotatable bonds is 6. The van der Waals surface area contributed by atoms with Crippen molar-refractivity contribution < 1.29 is 23.4 Å². The van der Waals surface area contributed by atoms with Crippen molar-refractivity contribution in [2.24, 2.45) is 5.92 Å². The summed E-state index contributed by atoms with van der Waals surface area (Å²) in [4.78, 5) is 32.8. The summed E-state index contributed by atoms with van der Waals surface area (Å²) in [5, 5.41) is 21.5. The highest BCUT2D eigenvalue weighted by molar-refractivity contribution is 6.03. The second-order valence-corrected chi connectivity index (χ2v) is 13.4. The summed E-state index contributed by atoms with van der Waals surface area (Å²) in [6.07, 6.45) is 13.0. The number of benzene rings is 2. The van der Waals surface area contributed by atoms with Gasteiger partial charge in [0.15, 0.2) is 5.82 Å². The van der Waals surface area contributed by atoms with E-state index in [-0.39, 0.29) is 69.4 Å². The highest BCUT2D eigenvalue weighted by atomic mass is 19.1. The molecule has 10 nitrogen and oxygen atoms in total. The van der Waals surface area contributed by atoms with Crippen LogP contribution in [0.1, 0.15) is 37.7 Å². The van der Waals surface area contributed by atoms with Crippen molar-refractivity contribution in [3.05, 3.63) is 60.3 Å². The van der Waals surface area contributed by atoms with Crippen LogP contribution in [0.3, 0.4) is 0 Å². The zero-order valence-corrected chi connectivity index (χ0v) is 26.7. The number of phenolic OH excluding ortho intramolecular Hbond substituents is 1. The Morgan fingerprint density at radius 2 is 2.00 bits per heavy atom. The Kier molecular flexibility index (Phi) is 7.38. The third kappa shape index (κ3) is 4.85. The number of terminal acetylenes is 1. The molecule has 1 amide bonds. The normalized spacial score (nSPS) is 22.7. The van der Waals surface area contributed by atoms with Crippen molar-refractivity contribution >= 4 is 33.4 Å². The highest BCUT2D eigenvalue weighted by Crippen LogP contribution is 2.42. The second kappa shape index (κ2) is 11.7. The molecule has 3 atom stereocenters. The molecule has 0 unspecified atom stereocenters. The van der Waals surface area contributed by atoms with E-state index < -0.39 is 17.7 Å². The van der Waals surface area contributed by atoms with E-state index in [0.29, 0.717) is 36.2 Å². The average Bonchev–Trinajstić information content (AvgIpc) is 3.75. The Morgan fingerprint density at radius 1 is 1.20 bits per heavy atom. The lowest BCUT2D eigenvalue weighted by Gasteiger charge is -2.41. The first-order valence-electron chi connectivity index (χ1n) is 16.5. The molecule has 0 radical (unpaired) electrons. The summed E-state index contributed by atoms with van der Waals surface area (Å²) < 4.78 is 38.2. The van der Waals surface area contributed by atoms with E-state index in [0.717, 1.165) is 38.8 Å². The fourth-order valence-electron chi connectivity index (χ4n) is 8.65. The number of fused-ring (bicyclic) bond motifs is 5. The number of carbonyl (C=O) groups is 1.